The van der Waals surface area contributed by atoms with Crippen LogP contribution in [0.2, 0.25) is 0 Å². The quantitative estimate of drug-likeness (QED) is 0.602. The minimum Gasteiger partial charge on any atom is -0.496 e. The summed E-state index contributed by atoms with van der Waals surface area (Å²) in [6.45, 7) is 1.86. The van der Waals surface area contributed by atoms with Crippen molar-refractivity contribution < 1.29 is 28.6 Å². The predicted octanol–water partition coefficient (Wildman–Crippen LogP) is 1.24. The number of hydrogen-bond donors (Lipinski definition) is 0. The molecule has 0 spiro atoms. The molecule has 1 fully saturated rings. The Morgan fingerprint density at radius 1 is 1.33 bits per heavy atom. The Hall–Kier alpha value is -2.37. The van der Waals surface area contributed by atoms with Crippen molar-refractivity contribution in [3.63, 3.8) is 0 Å². The summed E-state index contributed by atoms with van der Waals surface area (Å²) in [6.07, 6.45) is 0. The number of fused-ring (bicyclic) bond motifs is 3. The van der Waals surface area contributed by atoms with Crippen LogP contribution in [-0.2, 0) is 14.3 Å². The molecule has 1 heterocycles. The van der Waals surface area contributed by atoms with Crippen LogP contribution >= 0.6 is 0 Å². The fraction of sp³-hybridized carbons (Fsp3) is 0.400. The van der Waals surface area contributed by atoms with Crippen molar-refractivity contribution in [2.45, 2.75) is 12.8 Å². The lowest BCUT2D eigenvalue weighted by Gasteiger charge is -2.15. The van der Waals surface area contributed by atoms with E-state index in [0.717, 1.165) is 0 Å². The molecule has 0 aromatic heterocycles. The van der Waals surface area contributed by atoms with Gasteiger partial charge in [-0.25, -0.2) is 4.79 Å². The second-order valence-corrected chi connectivity index (χ2v) is 5.12. The number of hydrogen-bond acceptors (Lipinski definition) is 6. The Morgan fingerprint density at radius 3 is 2.67 bits per heavy atom. The molecule has 6 nitrogen and oxygen atoms in total. The minimum absolute atomic E-state index is 0.161. The summed E-state index contributed by atoms with van der Waals surface area (Å²) in [6, 6.07) is 1.58. The van der Waals surface area contributed by atoms with Gasteiger partial charge in [0.15, 0.2) is 5.78 Å². The van der Waals surface area contributed by atoms with Crippen molar-refractivity contribution in [1.29, 1.82) is 0 Å². The zero-order chi connectivity index (χ0) is 15.3. The van der Waals surface area contributed by atoms with Crippen LogP contribution in [0, 0.1) is 12.8 Å². The first-order valence-corrected chi connectivity index (χ1v) is 6.51. The summed E-state index contributed by atoms with van der Waals surface area (Å²) in [4.78, 5) is 36.1. The summed E-state index contributed by atoms with van der Waals surface area (Å²) < 4.78 is 15.0. The molecule has 0 bridgehead atoms. The molecule has 0 saturated carbocycles. The largest absolute Gasteiger partial charge is 0.496 e. The van der Waals surface area contributed by atoms with Crippen molar-refractivity contribution in [1.82, 2.24) is 0 Å². The smallest absolute Gasteiger partial charge is 0.341 e. The van der Waals surface area contributed by atoms with Gasteiger partial charge in [0.1, 0.15) is 17.2 Å². The average molecular weight is 290 g/mol. The van der Waals surface area contributed by atoms with Crippen molar-refractivity contribution in [2.24, 2.45) is 5.92 Å². The zero-order valence-corrected chi connectivity index (χ0v) is 11.9. The molecule has 2 aliphatic rings. The van der Waals surface area contributed by atoms with Crippen molar-refractivity contribution in [3.8, 4) is 5.75 Å². The number of cyclic esters (lactones) is 1. The maximum Gasteiger partial charge on any atom is 0.341 e. The molecule has 1 aliphatic carbocycles. The van der Waals surface area contributed by atoms with Crippen LogP contribution in [0.3, 0.4) is 0 Å². The van der Waals surface area contributed by atoms with E-state index in [2.05, 4.69) is 0 Å². The minimum atomic E-state index is -0.795. The Balaban J connectivity index is 2.25. The maximum absolute atomic E-state index is 12.5. The first-order valence-electron chi connectivity index (χ1n) is 6.51. The molecular formula is C15H14O6. The van der Waals surface area contributed by atoms with E-state index in [0.29, 0.717) is 22.4 Å². The molecule has 1 aromatic carbocycles. The Kier molecular flexibility index (Phi) is 2.97. The monoisotopic (exact) mass is 290 g/mol. The van der Waals surface area contributed by atoms with Gasteiger partial charge in [-0.05, 0) is 18.6 Å². The Morgan fingerprint density at radius 2 is 2.05 bits per heavy atom. The molecule has 1 aromatic rings. The lowest BCUT2D eigenvalue weighted by Crippen LogP contribution is -2.17. The van der Waals surface area contributed by atoms with Gasteiger partial charge in [-0.2, -0.15) is 0 Å². The van der Waals surface area contributed by atoms with E-state index in [4.69, 9.17) is 14.2 Å². The number of carbonyl (C=O) groups excluding carboxylic acids is 3. The number of benzene rings is 1. The molecule has 1 aliphatic heterocycles. The van der Waals surface area contributed by atoms with Gasteiger partial charge in [-0.3, -0.25) is 9.59 Å². The second-order valence-electron chi connectivity index (χ2n) is 5.12. The maximum atomic E-state index is 12.5. The summed E-state index contributed by atoms with van der Waals surface area (Å²) in [5.41, 5.74) is 1.94. The number of ether oxygens (including phenoxy) is 3. The molecule has 21 heavy (non-hydrogen) atoms. The van der Waals surface area contributed by atoms with Crippen molar-refractivity contribution in [3.05, 3.63) is 28.3 Å². The fourth-order valence-electron chi connectivity index (χ4n) is 3.21. The summed E-state index contributed by atoms with van der Waals surface area (Å²) >= 11 is 0. The molecule has 0 radical (unpaired) electrons. The third-order valence-corrected chi connectivity index (χ3v) is 4.15. The van der Waals surface area contributed by atoms with Gasteiger partial charge in [0.25, 0.3) is 0 Å². The molecular weight excluding hydrogens is 276 g/mol. The lowest BCUT2D eigenvalue weighted by atomic mass is 9.94. The Bertz CT molecular complexity index is 675. The third kappa shape index (κ3) is 1.68. The lowest BCUT2D eigenvalue weighted by molar-refractivity contribution is -0.139. The topological polar surface area (TPSA) is 78.9 Å². The molecule has 0 amide bonds. The first kappa shape index (κ1) is 13.6. The zero-order valence-electron chi connectivity index (χ0n) is 11.9. The highest BCUT2D eigenvalue weighted by molar-refractivity contribution is 6.16. The molecule has 110 valence electrons. The van der Waals surface area contributed by atoms with Gasteiger partial charge >= 0.3 is 11.9 Å². The van der Waals surface area contributed by atoms with Gasteiger partial charge in [0.05, 0.1) is 20.8 Å². The van der Waals surface area contributed by atoms with Crippen molar-refractivity contribution >= 4 is 17.7 Å². The van der Waals surface area contributed by atoms with E-state index in [9.17, 15) is 14.4 Å². The number of rotatable bonds is 2. The number of methoxy groups -OCH3 is 2. The highest BCUT2D eigenvalue weighted by Crippen LogP contribution is 2.46. The van der Waals surface area contributed by atoms with Gasteiger partial charge in [0.2, 0.25) is 0 Å². The van der Waals surface area contributed by atoms with Crippen LogP contribution < -0.4 is 4.74 Å². The highest BCUT2D eigenvalue weighted by Gasteiger charge is 2.51. The predicted molar refractivity (Wildman–Crippen MR) is 70.6 cm³/mol. The van der Waals surface area contributed by atoms with E-state index >= 15 is 0 Å². The molecule has 6 heteroatoms. The molecule has 3 rings (SSSR count). The summed E-state index contributed by atoms with van der Waals surface area (Å²) in [5.74, 6) is -2.12. The van der Waals surface area contributed by atoms with Crippen LogP contribution in [0.5, 0.6) is 5.75 Å². The third-order valence-electron chi connectivity index (χ3n) is 4.15. The normalized spacial score (nSPS) is 22.6. The standard InChI is InChI=1S/C15H14O6/c1-6-10-7(4-8(13(6)19-2)14(17)20-3)9-5-21-15(18)11(9)12(10)16/h4,9,11H,5H2,1-3H3/t9-,11-/m1/s1. The fourth-order valence-corrected chi connectivity index (χ4v) is 3.21. The summed E-state index contributed by atoms with van der Waals surface area (Å²) in [7, 11) is 2.70. The number of ketones is 1. The van der Waals surface area contributed by atoms with Crippen LogP contribution in [-0.4, -0.2) is 38.5 Å². The molecule has 0 N–H and O–H groups in total. The average Bonchev–Trinajstić information content (AvgIpc) is 2.98. The second kappa shape index (κ2) is 4.58. The van der Waals surface area contributed by atoms with E-state index < -0.39 is 17.9 Å². The van der Waals surface area contributed by atoms with E-state index in [-0.39, 0.29) is 23.9 Å². The number of Topliss-reactive ketones (excluding diaryl/α,β-unsaturated/α-hetero) is 1. The van der Waals surface area contributed by atoms with E-state index in [1.54, 1.807) is 13.0 Å². The summed E-state index contributed by atoms with van der Waals surface area (Å²) in [5, 5.41) is 0. The van der Waals surface area contributed by atoms with Crippen LogP contribution in [0.15, 0.2) is 6.07 Å². The van der Waals surface area contributed by atoms with Gasteiger partial charge in [-0.15, -0.1) is 0 Å². The number of carbonyl (C=O) groups is 3. The Labute approximate surface area is 121 Å². The van der Waals surface area contributed by atoms with E-state index in [1.807, 2.05) is 0 Å². The van der Waals surface area contributed by atoms with Crippen LogP contribution in [0.4, 0.5) is 0 Å². The molecule has 0 unspecified atom stereocenters. The SMILES string of the molecule is COC(=O)c1cc2c(c(C)c1OC)C(=O)[C@@H]1C(=O)OC[C@H]21. The van der Waals surface area contributed by atoms with Gasteiger partial charge in [0, 0.05) is 17.0 Å². The first-order chi connectivity index (χ1) is 10.0. The highest BCUT2D eigenvalue weighted by atomic mass is 16.5. The molecule has 1 saturated heterocycles. The van der Waals surface area contributed by atoms with Crippen molar-refractivity contribution in [2.75, 3.05) is 20.8 Å². The van der Waals surface area contributed by atoms with Gasteiger partial charge < -0.3 is 14.2 Å². The molecule has 2 atom stereocenters. The van der Waals surface area contributed by atoms with Gasteiger partial charge in [-0.1, -0.05) is 0 Å². The number of esters is 2. The van der Waals surface area contributed by atoms with Crippen LogP contribution in [0.25, 0.3) is 0 Å². The van der Waals surface area contributed by atoms with Crippen LogP contribution in [0.1, 0.15) is 37.8 Å². The van der Waals surface area contributed by atoms with E-state index in [1.165, 1.54) is 14.2 Å².